The van der Waals surface area contributed by atoms with Gasteiger partial charge in [0.25, 0.3) is 0 Å². The first-order chi connectivity index (χ1) is 10.8. The smallest absolute Gasteiger partial charge is 0.155 e. The second-order valence-electron chi connectivity index (χ2n) is 10.0. The molecule has 126 valence electrons. The third-order valence-corrected chi connectivity index (χ3v) is 9.39. The molecule has 0 aliphatic heterocycles. The SMILES string of the molecule is C[C@@H]1CC2=CC(=O)CC[C@]2(C)[C@H]2CC[C@]3(C)[C@H](O)C[C@@H]4C[C@@]43[C@H]12. The number of fused-ring (bicyclic) bond motifs is 3. The van der Waals surface area contributed by atoms with Gasteiger partial charge in [-0.1, -0.05) is 26.3 Å². The first-order valence-electron chi connectivity index (χ1n) is 9.75. The summed E-state index contributed by atoms with van der Waals surface area (Å²) in [7, 11) is 0. The first kappa shape index (κ1) is 14.7. The molecule has 0 aromatic carbocycles. The summed E-state index contributed by atoms with van der Waals surface area (Å²) >= 11 is 0. The monoisotopic (exact) mass is 314 g/mol. The van der Waals surface area contributed by atoms with Gasteiger partial charge in [-0.2, -0.15) is 0 Å². The van der Waals surface area contributed by atoms with Gasteiger partial charge in [0, 0.05) is 6.42 Å². The van der Waals surface area contributed by atoms with Gasteiger partial charge < -0.3 is 5.11 Å². The maximum atomic E-state index is 12.0. The number of rotatable bonds is 0. The van der Waals surface area contributed by atoms with Crippen molar-refractivity contribution in [2.45, 2.75) is 71.8 Å². The molecule has 0 bridgehead atoms. The second-order valence-corrected chi connectivity index (χ2v) is 10.0. The van der Waals surface area contributed by atoms with Crippen molar-refractivity contribution in [3.63, 3.8) is 0 Å². The van der Waals surface area contributed by atoms with Crippen LogP contribution in [-0.2, 0) is 4.79 Å². The minimum Gasteiger partial charge on any atom is -0.393 e. The second kappa shape index (κ2) is 4.12. The minimum absolute atomic E-state index is 0.0768. The number of aliphatic hydroxyl groups excluding tert-OH is 1. The molecule has 2 nitrogen and oxygen atoms in total. The van der Waals surface area contributed by atoms with Gasteiger partial charge in [0.1, 0.15) is 0 Å². The van der Waals surface area contributed by atoms with Gasteiger partial charge in [0.15, 0.2) is 5.78 Å². The van der Waals surface area contributed by atoms with E-state index in [1.165, 1.54) is 24.8 Å². The zero-order valence-corrected chi connectivity index (χ0v) is 14.8. The number of hydrogen-bond donors (Lipinski definition) is 1. The van der Waals surface area contributed by atoms with E-state index in [1.54, 1.807) is 0 Å². The fourth-order valence-corrected chi connectivity index (χ4v) is 8.15. The van der Waals surface area contributed by atoms with Crippen LogP contribution in [0, 0.1) is 39.9 Å². The van der Waals surface area contributed by atoms with E-state index in [1.807, 2.05) is 6.08 Å². The van der Waals surface area contributed by atoms with Gasteiger partial charge in [-0.25, -0.2) is 0 Å². The van der Waals surface area contributed by atoms with Gasteiger partial charge in [-0.05, 0) is 84.5 Å². The lowest BCUT2D eigenvalue weighted by Gasteiger charge is -2.61. The van der Waals surface area contributed by atoms with E-state index >= 15 is 0 Å². The molecule has 2 heteroatoms. The molecule has 0 radical (unpaired) electrons. The Labute approximate surface area is 139 Å². The molecular weight excluding hydrogens is 284 g/mol. The van der Waals surface area contributed by atoms with Gasteiger partial charge in [-0.3, -0.25) is 4.79 Å². The first-order valence-corrected chi connectivity index (χ1v) is 9.75. The average molecular weight is 314 g/mol. The quantitative estimate of drug-likeness (QED) is 0.730. The van der Waals surface area contributed by atoms with E-state index in [4.69, 9.17) is 0 Å². The van der Waals surface area contributed by atoms with Crippen LogP contribution in [0.2, 0.25) is 0 Å². The molecule has 0 amide bonds. The number of aliphatic hydroxyl groups is 1. The van der Waals surface area contributed by atoms with Crippen LogP contribution in [-0.4, -0.2) is 17.0 Å². The van der Waals surface area contributed by atoms with Gasteiger partial charge in [0.2, 0.25) is 0 Å². The number of ketones is 1. The van der Waals surface area contributed by atoms with Gasteiger partial charge in [-0.15, -0.1) is 0 Å². The van der Waals surface area contributed by atoms with E-state index in [2.05, 4.69) is 20.8 Å². The molecule has 0 unspecified atom stereocenters. The van der Waals surface area contributed by atoms with Crippen molar-refractivity contribution < 1.29 is 9.90 Å². The molecule has 5 rings (SSSR count). The fraction of sp³-hybridized carbons (Fsp3) is 0.857. The molecule has 0 aromatic heterocycles. The van der Waals surface area contributed by atoms with Crippen LogP contribution in [0.15, 0.2) is 11.6 Å². The van der Waals surface area contributed by atoms with E-state index in [0.29, 0.717) is 17.1 Å². The van der Waals surface area contributed by atoms with E-state index in [9.17, 15) is 9.90 Å². The Balaban J connectivity index is 1.61. The molecule has 5 aliphatic rings. The molecular formula is C21H30O2. The summed E-state index contributed by atoms with van der Waals surface area (Å²) in [5, 5.41) is 10.7. The van der Waals surface area contributed by atoms with Crippen molar-refractivity contribution in [1.29, 1.82) is 0 Å². The molecule has 4 fully saturated rings. The van der Waals surface area contributed by atoms with Crippen LogP contribution < -0.4 is 0 Å². The molecule has 5 aliphatic carbocycles. The van der Waals surface area contributed by atoms with Gasteiger partial charge >= 0.3 is 0 Å². The Morgan fingerprint density at radius 3 is 2.83 bits per heavy atom. The van der Waals surface area contributed by atoms with Crippen LogP contribution in [0.3, 0.4) is 0 Å². The van der Waals surface area contributed by atoms with Crippen molar-refractivity contribution in [3.8, 4) is 0 Å². The molecule has 8 atom stereocenters. The van der Waals surface area contributed by atoms with Crippen molar-refractivity contribution in [2.24, 2.45) is 39.9 Å². The highest BCUT2D eigenvalue weighted by Crippen LogP contribution is 2.83. The Morgan fingerprint density at radius 2 is 2.04 bits per heavy atom. The Kier molecular flexibility index (Phi) is 2.63. The Hall–Kier alpha value is -0.630. The average Bonchev–Trinajstić information content (AvgIpc) is 3.14. The van der Waals surface area contributed by atoms with E-state index in [0.717, 1.165) is 43.4 Å². The molecule has 1 spiro atoms. The Bertz CT molecular complexity index is 621. The van der Waals surface area contributed by atoms with Crippen molar-refractivity contribution >= 4 is 5.78 Å². The summed E-state index contributed by atoms with van der Waals surface area (Å²) in [6, 6.07) is 0. The van der Waals surface area contributed by atoms with Crippen LogP contribution in [0.25, 0.3) is 0 Å². The lowest BCUT2D eigenvalue weighted by Crippen LogP contribution is -2.56. The summed E-state index contributed by atoms with van der Waals surface area (Å²) in [4.78, 5) is 12.0. The molecule has 23 heavy (non-hydrogen) atoms. The lowest BCUT2D eigenvalue weighted by atomic mass is 9.43. The number of carbonyl (C=O) groups is 1. The minimum atomic E-state index is -0.0768. The van der Waals surface area contributed by atoms with Gasteiger partial charge in [0.05, 0.1) is 6.10 Å². The molecule has 0 heterocycles. The zero-order chi connectivity index (χ0) is 16.2. The summed E-state index contributed by atoms with van der Waals surface area (Å²) < 4.78 is 0. The van der Waals surface area contributed by atoms with Crippen molar-refractivity contribution in [1.82, 2.24) is 0 Å². The molecule has 1 N–H and O–H groups in total. The standard InChI is InChI=1S/C21H30O2/c1-12-8-13-9-15(22)4-6-19(13,2)16-5-7-20(3)17(23)10-14-11-21(14,20)18(12)16/h9,12,14,16-18,23H,4-8,10-11H2,1-3H3/t12-,14-,16+,17-,18-,19+,20-,21+/m1/s1. The predicted molar refractivity (Wildman–Crippen MR) is 89.7 cm³/mol. The van der Waals surface area contributed by atoms with E-state index in [-0.39, 0.29) is 16.9 Å². The Morgan fingerprint density at radius 1 is 1.26 bits per heavy atom. The maximum Gasteiger partial charge on any atom is 0.155 e. The number of carbonyl (C=O) groups excluding carboxylic acids is 1. The predicted octanol–water partition coefficient (Wildman–Crippen LogP) is 4.13. The molecule has 0 saturated heterocycles. The summed E-state index contributed by atoms with van der Waals surface area (Å²) in [6.45, 7) is 7.28. The maximum absolute atomic E-state index is 12.0. The number of hydrogen-bond acceptors (Lipinski definition) is 2. The molecule has 0 aromatic rings. The van der Waals surface area contributed by atoms with Crippen LogP contribution in [0.4, 0.5) is 0 Å². The van der Waals surface area contributed by atoms with Crippen LogP contribution in [0.5, 0.6) is 0 Å². The highest BCUT2D eigenvalue weighted by Gasteiger charge is 2.78. The summed E-state index contributed by atoms with van der Waals surface area (Å²) in [5.41, 5.74) is 2.29. The van der Waals surface area contributed by atoms with E-state index < -0.39 is 0 Å². The topological polar surface area (TPSA) is 37.3 Å². The highest BCUT2D eigenvalue weighted by atomic mass is 16.3. The highest BCUT2D eigenvalue weighted by molar-refractivity contribution is 5.91. The summed E-state index contributed by atoms with van der Waals surface area (Å²) in [5.74, 6) is 3.28. The van der Waals surface area contributed by atoms with Crippen molar-refractivity contribution in [2.75, 3.05) is 0 Å². The number of allylic oxidation sites excluding steroid dienone is 1. The van der Waals surface area contributed by atoms with Crippen molar-refractivity contribution in [3.05, 3.63) is 11.6 Å². The third-order valence-electron chi connectivity index (χ3n) is 9.39. The van der Waals surface area contributed by atoms with Crippen LogP contribution in [0.1, 0.15) is 65.7 Å². The molecule has 4 saturated carbocycles. The fourth-order valence-electron chi connectivity index (χ4n) is 8.15. The lowest BCUT2D eigenvalue weighted by molar-refractivity contribution is -0.126. The van der Waals surface area contributed by atoms with Crippen LogP contribution >= 0.6 is 0 Å². The zero-order valence-electron chi connectivity index (χ0n) is 14.8. The summed E-state index contributed by atoms with van der Waals surface area (Å²) in [6.07, 6.45) is 9.70. The normalized spacial score (nSPS) is 60.3. The third kappa shape index (κ3) is 1.49. The largest absolute Gasteiger partial charge is 0.393 e.